The quantitative estimate of drug-likeness (QED) is 0.180. The molecule has 204 valence electrons. The maximum absolute atomic E-state index is 14.1. The number of hydrogen-bond acceptors (Lipinski definition) is 6. The number of halogens is 3. The molecule has 1 heterocycles. The van der Waals surface area contributed by atoms with E-state index in [1.54, 1.807) is 44.1 Å². The standard InChI is InChI=1S/C19H27F3N4O2.C5H12N2O/c20-17-8-11-25(14-17)18(27)28-13-12-26(24-15-23)10-5-4-9-19(21,22)16-6-2-1-3-7-16;1-5(2,6)4(8)7-3/h1-3,6-7,15,17H,4-5,8-14H2,(H2,23,24);6H2,1-3H3,(H,7,8). The van der Waals surface area contributed by atoms with Gasteiger partial charge in [0.1, 0.15) is 19.1 Å². The summed E-state index contributed by atoms with van der Waals surface area (Å²) in [6.07, 6.45) is 0.416. The molecule has 9 nitrogen and oxygen atoms in total. The number of likely N-dealkylation sites (tertiary alicyclic amines) is 1. The summed E-state index contributed by atoms with van der Waals surface area (Å²) in [6.45, 7) is 4.47. The number of ether oxygens (including phenoxy) is 1. The number of rotatable bonds is 11. The maximum atomic E-state index is 14.1. The fourth-order valence-electron chi connectivity index (χ4n) is 3.32. The van der Waals surface area contributed by atoms with Gasteiger partial charge in [-0.1, -0.05) is 30.3 Å². The first-order valence-corrected chi connectivity index (χ1v) is 11.9. The van der Waals surface area contributed by atoms with Gasteiger partial charge >= 0.3 is 6.09 Å². The summed E-state index contributed by atoms with van der Waals surface area (Å²) in [5, 5.41) is 7.96. The van der Waals surface area contributed by atoms with Crippen molar-refractivity contribution in [2.75, 3.05) is 39.8 Å². The minimum atomic E-state index is -2.87. The van der Waals surface area contributed by atoms with Gasteiger partial charge in [-0.05, 0) is 33.1 Å². The summed E-state index contributed by atoms with van der Waals surface area (Å²) in [6, 6.07) is 7.74. The largest absolute Gasteiger partial charge is 0.447 e. The van der Waals surface area contributed by atoms with E-state index in [1.807, 2.05) is 0 Å². The number of likely N-dealkylation sites (N-methyl/N-ethyl adjacent to an activating group) is 1. The SMILES string of the molecule is CNC(=O)C(C)(C)N.N/C=N\N(CCCCC(F)(F)c1ccccc1)CCOC(=O)N1CCC(F)C1. The predicted octanol–water partition coefficient (Wildman–Crippen LogP) is 2.80. The van der Waals surface area contributed by atoms with Crippen LogP contribution in [0.5, 0.6) is 0 Å². The highest BCUT2D eigenvalue weighted by atomic mass is 19.3. The molecule has 1 fully saturated rings. The number of carbonyl (C=O) groups excluding carboxylic acids is 2. The van der Waals surface area contributed by atoms with Gasteiger partial charge in [-0.25, -0.2) is 18.0 Å². The minimum Gasteiger partial charge on any atom is -0.447 e. The minimum absolute atomic E-state index is 0.0104. The number of alkyl halides is 3. The molecule has 0 aliphatic carbocycles. The highest BCUT2D eigenvalue weighted by Gasteiger charge is 2.30. The normalized spacial score (nSPS) is 15.9. The van der Waals surface area contributed by atoms with E-state index in [-0.39, 0.29) is 37.6 Å². The van der Waals surface area contributed by atoms with Crippen molar-refractivity contribution in [3.8, 4) is 0 Å². The van der Waals surface area contributed by atoms with E-state index in [9.17, 15) is 22.8 Å². The van der Waals surface area contributed by atoms with Gasteiger partial charge in [-0.15, -0.1) is 0 Å². The van der Waals surface area contributed by atoms with E-state index in [0.29, 0.717) is 32.4 Å². The maximum Gasteiger partial charge on any atom is 0.409 e. The van der Waals surface area contributed by atoms with Gasteiger partial charge in [-0.2, -0.15) is 5.10 Å². The molecule has 0 radical (unpaired) electrons. The summed E-state index contributed by atoms with van der Waals surface area (Å²) < 4.78 is 46.5. The molecule has 2 rings (SSSR count). The van der Waals surface area contributed by atoms with Gasteiger partial charge in [0.15, 0.2) is 0 Å². The molecule has 0 bridgehead atoms. The second kappa shape index (κ2) is 15.2. The van der Waals surface area contributed by atoms with E-state index in [2.05, 4.69) is 10.4 Å². The lowest BCUT2D eigenvalue weighted by atomic mass is 10.0. The number of hydrogen-bond donors (Lipinski definition) is 3. The lowest BCUT2D eigenvalue weighted by molar-refractivity contribution is -0.124. The molecule has 0 spiro atoms. The fourth-order valence-corrected chi connectivity index (χ4v) is 3.32. The number of carbonyl (C=O) groups is 2. The third kappa shape index (κ3) is 11.6. The molecule has 5 N–H and O–H groups in total. The fraction of sp³-hybridized carbons (Fsp3) is 0.625. The first-order valence-electron chi connectivity index (χ1n) is 11.9. The van der Waals surface area contributed by atoms with Crippen LogP contribution in [0.2, 0.25) is 0 Å². The molecule has 1 aromatic carbocycles. The molecular weight excluding hydrogens is 477 g/mol. The third-order valence-electron chi connectivity index (χ3n) is 5.36. The Hall–Kier alpha value is -3.02. The average molecular weight is 517 g/mol. The van der Waals surface area contributed by atoms with Crippen LogP contribution in [-0.2, 0) is 15.5 Å². The molecule has 2 amide bonds. The number of nitrogens with two attached hydrogens (primary N) is 2. The van der Waals surface area contributed by atoms with Crippen LogP contribution < -0.4 is 16.8 Å². The highest BCUT2D eigenvalue weighted by Crippen LogP contribution is 2.33. The van der Waals surface area contributed by atoms with E-state index in [4.69, 9.17) is 16.2 Å². The first kappa shape index (κ1) is 31.0. The van der Waals surface area contributed by atoms with Gasteiger partial charge in [0.2, 0.25) is 5.91 Å². The number of amides is 2. The monoisotopic (exact) mass is 516 g/mol. The number of hydrazone groups is 1. The molecule has 0 saturated carbocycles. The molecule has 1 atom stereocenters. The van der Waals surface area contributed by atoms with Crippen LogP contribution in [0, 0.1) is 0 Å². The lowest BCUT2D eigenvalue weighted by Gasteiger charge is -2.21. The number of unbranched alkanes of at least 4 members (excludes halogenated alkanes) is 1. The Balaban J connectivity index is 0.000000697. The molecule has 1 aromatic rings. The summed E-state index contributed by atoms with van der Waals surface area (Å²) in [7, 11) is 1.57. The van der Waals surface area contributed by atoms with E-state index < -0.39 is 23.7 Å². The van der Waals surface area contributed by atoms with Crippen LogP contribution in [0.3, 0.4) is 0 Å². The predicted molar refractivity (Wildman–Crippen MR) is 133 cm³/mol. The molecule has 1 unspecified atom stereocenters. The first-order chi connectivity index (χ1) is 16.9. The highest BCUT2D eigenvalue weighted by molar-refractivity contribution is 5.84. The van der Waals surface area contributed by atoms with Crippen molar-refractivity contribution >= 4 is 18.3 Å². The molecule has 1 aliphatic heterocycles. The Bertz CT molecular complexity index is 821. The summed E-state index contributed by atoms with van der Waals surface area (Å²) in [5.41, 5.74) is 9.96. The van der Waals surface area contributed by atoms with Crippen LogP contribution in [0.1, 0.15) is 45.1 Å². The van der Waals surface area contributed by atoms with Crippen LogP contribution >= 0.6 is 0 Å². The Labute approximate surface area is 211 Å². The van der Waals surface area contributed by atoms with Crippen molar-refractivity contribution in [1.29, 1.82) is 0 Å². The molecule has 36 heavy (non-hydrogen) atoms. The lowest BCUT2D eigenvalue weighted by Crippen LogP contribution is -2.47. The van der Waals surface area contributed by atoms with Crippen molar-refractivity contribution in [2.24, 2.45) is 16.6 Å². The van der Waals surface area contributed by atoms with E-state index in [0.717, 1.165) is 6.34 Å². The van der Waals surface area contributed by atoms with Crippen LogP contribution in [0.15, 0.2) is 35.4 Å². The Morgan fingerprint density at radius 3 is 2.42 bits per heavy atom. The van der Waals surface area contributed by atoms with E-state index in [1.165, 1.54) is 17.0 Å². The van der Waals surface area contributed by atoms with Gasteiger partial charge < -0.3 is 26.4 Å². The zero-order valence-corrected chi connectivity index (χ0v) is 21.3. The Kier molecular flexibility index (Phi) is 13.1. The molecular formula is C24H39F3N6O3. The van der Waals surface area contributed by atoms with Crippen molar-refractivity contribution in [3.05, 3.63) is 35.9 Å². The average Bonchev–Trinajstić information content (AvgIpc) is 3.28. The molecule has 1 saturated heterocycles. The smallest absolute Gasteiger partial charge is 0.409 e. The molecule has 0 aromatic heterocycles. The Morgan fingerprint density at radius 2 is 1.92 bits per heavy atom. The van der Waals surface area contributed by atoms with E-state index >= 15 is 0 Å². The van der Waals surface area contributed by atoms with Crippen molar-refractivity contribution in [1.82, 2.24) is 15.2 Å². The Morgan fingerprint density at radius 1 is 1.25 bits per heavy atom. The van der Waals surface area contributed by atoms with Crippen molar-refractivity contribution < 1.29 is 27.5 Å². The molecule has 12 heteroatoms. The number of nitrogens with one attached hydrogen (secondary N) is 1. The zero-order valence-electron chi connectivity index (χ0n) is 21.3. The van der Waals surface area contributed by atoms with Gasteiger partial charge in [-0.3, -0.25) is 9.80 Å². The van der Waals surface area contributed by atoms with Crippen LogP contribution in [0.25, 0.3) is 0 Å². The summed E-state index contributed by atoms with van der Waals surface area (Å²) in [5.74, 6) is -3.01. The molecule has 1 aliphatic rings. The summed E-state index contributed by atoms with van der Waals surface area (Å²) in [4.78, 5) is 23.7. The van der Waals surface area contributed by atoms with Crippen LogP contribution in [-0.4, -0.2) is 79.8 Å². The number of benzene rings is 1. The topological polar surface area (TPSA) is 126 Å². The summed E-state index contributed by atoms with van der Waals surface area (Å²) >= 11 is 0. The van der Waals surface area contributed by atoms with Gasteiger partial charge in [0.05, 0.1) is 18.6 Å². The second-order valence-electron chi connectivity index (χ2n) is 8.99. The van der Waals surface area contributed by atoms with Crippen LogP contribution in [0.4, 0.5) is 18.0 Å². The zero-order chi connectivity index (χ0) is 27.2. The van der Waals surface area contributed by atoms with Crippen molar-refractivity contribution in [2.45, 2.75) is 57.2 Å². The van der Waals surface area contributed by atoms with Crippen molar-refractivity contribution in [3.63, 3.8) is 0 Å². The second-order valence-corrected chi connectivity index (χ2v) is 8.99. The van der Waals surface area contributed by atoms with Gasteiger partial charge in [0.25, 0.3) is 5.92 Å². The van der Waals surface area contributed by atoms with Gasteiger partial charge in [0, 0.05) is 32.1 Å². The third-order valence-corrected chi connectivity index (χ3v) is 5.36. The number of nitrogens with zero attached hydrogens (tertiary/aromatic N) is 3.